The number of benzene rings is 1. The highest BCUT2D eigenvalue weighted by atomic mass is 32.2. The normalized spacial score (nSPS) is 11.0. The van der Waals surface area contributed by atoms with Gasteiger partial charge in [-0.3, -0.25) is 9.36 Å². The van der Waals surface area contributed by atoms with Crippen LogP contribution in [-0.2, 0) is 16.1 Å². The summed E-state index contributed by atoms with van der Waals surface area (Å²) >= 11 is 1.31. The molecule has 0 bridgehead atoms. The fourth-order valence-electron chi connectivity index (χ4n) is 2.32. The van der Waals surface area contributed by atoms with Crippen LogP contribution in [0.25, 0.3) is 11.4 Å². The number of aromatic nitrogens is 3. The molecule has 0 unspecified atom stereocenters. The van der Waals surface area contributed by atoms with Crippen LogP contribution in [0.3, 0.4) is 0 Å². The summed E-state index contributed by atoms with van der Waals surface area (Å²) in [7, 11) is 0. The van der Waals surface area contributed by atoms with Crippen molar-refractivity contribution in [3.63, 3.8) is 0 Å². The topological polar surface area (TPSA) is 70.2 Å². The van der Waals surface area contributed by atoms with Crippen molar-refractivity contribution in [1.82, 2.24) is 14.8 Å². The number of ether oxygens (including phenoxy) is 1. The molecule has 0 aliphatic heterocycles. The Morgan fingerprint density at radius 3 is 2.68 bits per heavy atom. The van der Waals surface area contributed by atoms with E-state index in [4.69, 9.17) is 9.15 Å². The summed E-state index contributed by atoms with van der Waals surface area (Å²) < 4.78 is 12.6. The van der Waals surface area contributed by atoms with Crippen LogP contribution in [0.15, 0.2) is 58.3 Å². The van der Waals surface area contributed by atoms with Crippen molar-refractivity contribution >= 4 is 17.7 Å². The second-order valence-electron chi connectivity index (χ2n) is 5.67. The summed E-state index contributed by atoms with van der Waals surface area (Å²) in [6.07, 6.45) is 1.50. The first-order valence-electron chi connectivity index (χ1n) is 7.97. The molecule has 0 aliphatic carbocycles. The Labute approximate surface area is 150 Å². The summed E-state index contributed by atoms with van der Waals surface area (Å²) in [6, 6.07) is 13.6. The van der Waals surface area contributed by atoms with E-state index >= 15 is 0 Å². The van der Waals surface area contributed by atoms with E-state index in [0.717, 1.165) is 17.1 Å². The average Bonchev–Trinajstić information content (AvgIpc) is 3.24. The highest BCUT2D eigenvalue weighted by molar-refractivity contribution is 7.99. The number of thioether (sulfide) groups is 1. The molecule has 3 aromatic rings. The lowest BCUT2D eigenvalue weighted by Gasteiger charge is -2.10. The number of rotatable bonds is 7. The Bertz CT molecular complexity index is 813. The molecular weight excluding hydrogens is 338 g/mol. The quantitative estimate of drug-likeness (QED) is 0.475. The van der Waals surface area contributed by atoms with E-state index in [1.807, 2.05) is 60.9 Å². The third-order valence-corrected chi connectivity index (χ3v) is 4.27. The van der Waals surface area contributed by atoms with Crippen molar-refractivity contribution in [1.29, 1.82) is 0 Å². The number of hydrogen-bond acceptors (Lipinski definition) is 6. The van der Waals surface area contributed by atoms with Gasteiger partial charge in [0, 0.05) is 5.56 Å². The predicted molar refractivity (Wildman–Crippen MR) is 95.2 cm³/mol. The standard InChI is InChI=1S/C18H19N3O3S/c1-13(2)24-16(22)12-25-18-20-19-17(14-7-4-3-5-8-14)21(18)11-15-9-6-10-23-15/h3-10,13H,11-12H2,1-2H3. The lowest BCUT2D eigenvalue weighted by molar-refractivity contribution is -0.144. The number of nitrogens with zero attached hydrogens (tertiary/aromatic N) is 3. The van der Waals surface area contributed by atoms with Crippen LogP contribution in [-0.4, -0.2) is 32.6 Å². The molecule has 3 rings (SSSR count). The average molecular weight is 357 g/mol. The monoisotopic (exact) mass is 357 g/mol. The van der Waals surface area contributed by atoms with Crippen LogP contribution >= 0.6 is 11.8 Å². The Kier molecular flexibility index (Phi) is 5.55. The summed E-state index contributed by atoms with van der Waals surface area (Å²) in [4.78, 5) is 11.8. The fourth-order valence-corrected chi connectivity index (χ4v) is 3.04. The zero-order valence-corrected chi connectivity index (χ0v) is 14.9. The molecule has 0 spiro atoms. The lowest BCUT2D eigenvalue weighted by Crippen LogP contribution is -2.14. The smallest absolute Gasteiger partial charge is 0.316 e. The molecule has 0 amide bonds. The molecule has 0 fully saturated rings. The van der Waals surface area contributed by atoms with Crippen LogP contribution in [0.5, 0.6) is 0 Å². The maximum Gasteiger partial charge on any atom is 0.316 e. The van der Waals surface area contributed by atoms with Gasteiger partial charge in [0.2, 0.25) is 0 Å². The molecule has 2 heterocycles. The second-order valence-corrected chi connectivity index (χ2v) is 6.61. The van der Waals surface area contributed by atoms with E-state index in [1.54, 1.807) is 6.26 Å². The van der Waals surface area contributed by atoms with Crippen LogP contribution in [0, 0.1) is 0 Å². The van der Waals surface area contributed by atoms with Gasteiger partial charge in [-0.2, -0.15) is 0 Å². The summed E-state index contributed by atoms with van der Waals surface area (Å²) in [5.41, 5.74) is 0.957. The third-order valence-electron chi connectivity index (χ3n) is 3.33. The molecule has 0 radical (unpaired) electrons. The second kappa shape index (κ2) is 8.02. The Morgan fingerprint density at radius 2 is 2.00 bits per heavy atom. The van der Waals surface area contributed by atoms with E-state index in [0.29, 0.717) is 11.7 Å². The van der Waals surface area contributed by atoms with Crippen LogP contribution in [0.2, 0.25) is 0 Å². The highest BCUT2D eigenvalue weighted by Gasteiger charge is 2.17. The number of esters is 1. The van der Waals surface area contributed by atoms with E-state index in [9.17, 15) is 4.79 Å². The van der Waals surface area contributed by atoms with Gasteiger partial charge in [0.1, 0.15) is 5.76 Å². The summed E-state index contributed by atoms with van der Waals surface area (Å²) in [6.45, 7) is 4.15. The Morgan fingerprint density at radius 1 is 1.20 bits per heavy atom. The molecule has 130 valence electrons. The van der Waals surface area contributed by atoms with Crippen LogP contribution < -0.4 is 0 Å². The van der Waals surface area contributed by atoms with Crippen LogP contribution in [0.4, 0.5) is 0 Å². The molecule has 7 heteroatoms. The molecular formula is C18H19N3O3S. The summed E-state index contributed by atoms with van der Waals surface area (Å²) in [5.74, 6) is 1.44. The molecule has 0 aliphatic rings. The Hall–Kier alpha value is -2.54. The van der Waals surface area contributed by atoms with Crippen LogP contribution in [0.1, 0.15) is 19.6 Å². The first-order chi connectivity index (χ1) is 12.1. The lowest BCUT2D eigenvalue weighted by atomic mass is 10.2. The van der Waals surface area contributed by atoms with E-state index in [1.165, 1.54) is 11.8 Å². The molecule has 1 aromatic carbocycles. The van der Waals surface area contributed by atoms with Gasteiger partial charge in [-0.1, -0.05) is 42.1 Å². The van der Waals surface area contributed by atoms with Gasteiger partial charge in [-0.15, -0.1) is 10.2 Å². The Balaban J connectivity index is 1.84. The van der Waals surface area contributed by atoms with E-state index in [2.05, 4.69) is 10.2 Å². The van der Waals surface area contributed by atoms with Crippen molar-refractivity contribution in [3.8, 4) is 11.4 Å². The van der Waals surface area contributed by atoms with Gasteiger partial charge in [-0.25, -0.2) is 0 Å². The number of carbonyl (C=O) groups is 1. The van der Waals surface area contributed by atoms with Crippen molar-refractivity contribution in [2.45, 2.75) is 31.7 Å². The van der Waals surface area contributed by atoms with E-state index < -0.39 is 0 Å². The molecule has 0 saturated heterocycles. The maximum atomic E-state index is 11.8. The zero-order valence-electron chi connectivity index (χ0n) is 14.1. The van der Waals surface area contributed by atoms with Gasteiger partial charge in [0.15, 0.2) is 11.0 Å². The third kappa shape index (κ3) is 4.51. The van der Waals surface area contributed by atoms with Crippen molar-refractivity contribution in [3.05, 3.63) is 54.5 Å². The minimum atomic E-state index is -0.270. The molecule has 0 saturated carbocycles. The highest BCUT2D eigenvalue weighted by Crippen LogP contribution is 2.25. The fraction of sp³-hybridized carbons (Fsp3) is 0.278. The number of hydrogen-bond donors (Lipinski definition) is 0. The van der Waals surface area contributed by atoms with Crippen molar-refractivity contribution in [2.24, 2.45) is 0 Å². The first-order valence-corrected chi connectivity index (χ1v) is 8.95. The summed E-state index contributed by atoms with van der Waals surface area (Å²) in [5, 5.41) is 9.20. The molecule has 25 heavy (non-hydrogen) atoms. The largest absolute Gasteiger partial charge is 0.467 e. The predicted octanol–water partition coefficient (Wildman–Crippen LogP) is 3.63. The van der Waals surface area contributed by atoms with Crippen molar-refractivity contribution in [2.75, 3.05) is 5.75 Å². The van der Waals surface area contributed by atoms with Gasteiger partial charge >= 0.3 is 5.97 Å². The molecule has 0 N–H and O–H groups in total. The van der Waals surface area contributed by atoms with Gasteiger partial charge in [0.05, 0.1) is 24.7 Å². The van der Waals surface area contributed by atoms with Gasteiger partial charge in [0.25, 0.3) is 0 Å². The van der Waals surface area contributed by atoms with Crippen molar-refractivity contribution < 1.29 is 13.9 Å². The molecule has 0 atom stereocenters. The van der Waals surface area contributed by atoms with Gasteiger partial charge < -0.3 is 9.15 Å². The zero-order chi connectivity index (χ0) is 17.6. The van der Waals surface area contributed by atoms with E-state index in [-0.39, 0.29) is 17.8 Å². The number of furan rings is 1. The minimum absolute atomic E-state index is 0.131. The minimum Gasteiger partial charge on any atom is -0.467 e. The first kappa shape index (κ1) is 17.3. The molecule has 6 nitrogen and oxygen atoms in total. The maximum absolute atomic E-state index is 11.8. The van der Waals surface area contributed by atoms with Gasteiger partial charge in [-0.05, 0) is 26.0 Å². The molecule has 2 aromatic heterocycles. The SMILES string of the molecule is CC(C)OC(=O)CSc1nnc(-c2ccccc2)n1Cc1ccco1. The number of carbonyl (C=O) groups excluding carboxylic acids is 1.